The number of nitrogens with zero attached hydrogens (tertiary/aromatic N) is 1. The quantitative estimate of drug-likeness (QED) is 0.210. The fourth-order valence-corrected chi connectivity index (χ4v) is 6.05. The lowest BCUT2D eigenvalue weighted by molar-refractivity contribution is -0.140. The molecule has 0 spiro atoms. The summed E-state index contributed by atoms with van der Waals surface area (Å²) in [6, 6.07) is 12.6. The number of carbonyl (C=O) groups is 2. The largest absolute Gasteiger partial charge is 0.480 e. The number of hydrogen-bond acceptors (Lipinski definition) is 8. The molecule has 1 atom stereocenters. The fourth-order valence-electron chi connectivity index (χ4n) is 4.14. The Morgan fingerprint density at radius 3 is 2.22 bits per heavy atom. The van der Waals surface area contributed by atoms with E-state index in [2.05, 4.69) is 19.7 Å². The summed E-state index contributed by atoms with van der Waals surface area (Å²) in [6.07, 6.45) is 2.46. The number of fused-ring (bicyclic) bond motifs is 1. The minimum absolute atomic E-state index is 0.0137. The summed E-state index contributed by atoms with van der Waals surface area (Å²) in [5.74, 6) is -2.25. The highest BCUT2D eigenvalue weighted by Gasteiger charge is 2.28. The van der Waals surface area contributed by atoms with E-state index in [9.17, 15) is 31.5 Å². The van der Waals surface area contributed by atoms with Crippen LogP contribution >= 0.6 is 0 Å². The van der Waals surface area contributed by atoms with Crippen LogP contribution in [0, 0.1) is 12.8 Å². The van der Waals surface area contributed by atoms with E-state index >= 15 is 0 Å². The molecule has 0 saturated carbocycles. The Bertz CT molecular complexity index is 1830. The van der Waals surface area contributed by atoms with Gasteiger partial charge in [-0.15, -0.1) is 0 Å². The van der Waals surface area contributed by atoms with Crippen LogP contribution in [0.3, 0.4) is 0 Å². The Kier molecular flexibility index (Phi) is 8.19. The van der Waals surface area contributed by atoms with E-state index in [4.69, 9.17) is 4.42 Å². The topological polar surface area (TPSA) is 185 Å². The fraction of sp³-hybridized carbons (Fsp3) is 0.222. The summed E-state index contributed by atoms with van der Waals surface area (Å²) in [5, 5.41) is 12.5. The maximum atomic E-state index is 13.0. The average molecular weight is 601 g/mol. The third-order valence-corrected chi connectivity index (χ3v) is 8.20. The Morgan fingerprint density at radius 2 is 1.66 bits per heavy atom. The zero-order valence-corrected chi connectivity index (χ0v) is 24.1. The van der Waals surface area contributed by atoms with E-state index in [1.807, 2.05) is 0 Å². The molecule has 0 aliphatic heterocycles. The first kappa shape index (κ1) is 29.7. The van der Waals surface area contributed by atoms with E-state index in [-0.39, 0.29) is 10.7 Å². The molecule has 4 aromatic rings. The van der Waals surface area contributed by atoms with Gasteiger partial charge in [-0.25, -0.2) is 16.8 Å². The summed E-state index contributed by atoms with van der Waals surface area (Å²) >= 11 is 0. The van der Waals surface area contributed by atoms with Gasteiger partial charge in [-0.1, -0.05) is 32.0 Å². The first-order valence-corrected chi connectivity index (χ1v) is 15.7. The highest BCUT2D eigenvalue weighted by Crippen LogP contribution is 2.32. The molecular weight excluding hydrogens is 572 g/mol. The highest BCUT2D eigenvalue weighted by atomic mass is 32.2. The molecule has 14 heteroatoms. The van der Waals surface area contributed by atoms with Crippen molar-refractivity contribution in [2.45, 2.75) is 31.7 Å². The number of aromatic nitrogens is 1. The molecule has 4 N–H and O–H groups in total. The van der Waals surface area contributed by atoms with Gasteiger partial charge in [0, 0.05) is 16.5 Å². The molecule has 4 rings (SSSR count). The third kappa shape index (κ3) is 6.73. The van der Waals surface area contributed by atoms with Crippen LogP contribution in [0.1, 0.15) is 30.0 Å². The van der Waals surface area contributed by atoms with Gasteiger partial charge in [0.15, 0.2) is 5.76 Å². The number of aliphatic carboxylic acids is 1. The number of pyridine rings is 1. The number of rotatable bonds is 10. The SMILES string of the molecule is Cc1c(C(=O)Nc2ccc(-c3ccc(S(=O)(=O)N[C@H](C(=O)O)C(C)C)cc3)nc2)oc2cccc(NS(C)(=O)=O)c12. The lowest BCUT2D eigenvalue weighted by atomic mass is 10.1. The first-order chi connectivity index (χ1) is 19.2. The molecular formula is C27H28N4O8S2. The third-order valence-electron chi connectivity index (χ3n) is 6.15. The molecule has 12 nitrogen and oxygen atoms in total. The molecule has 0 radical (unpaired) electrons. The lowest BCUT2D eigenvalue weighted by Gasteiger charge is -2.18. The molecule has 0 unspecified atom stereocenters. The number of benzene rings is 2. The van der Waals surface area contributed by atoms with Crippen LogP contribution in [0.5, 0.6) is 0 Å². The second-order valence-electron chi connectivity index (χ2n) is 9.70. The molecule has 0 saturated heterocycles. The zero-order valence-electron chi connectivity index (χ0n) is 22.5. The van der Waals surface area contributed by atoms with E-state index in [1.165, 1.54) is 18.3 Å². The number of carbonyl (C=O) groups excluding carboxylic acids is 1. The van der Waals surface area contributed by atoms with Gasteiger partial charge in [0.1, 0.15) is 11.6 Å². The van der Waals surface area contributed by atoms with Crippen LogP contribution in [0.4, 0.5) is 11.4 Å². The van der Waals surface area contributed by atoms with Gasteiger partial charge in [0.25, 0.3) is 5.91 Å². The van der Waals surface area contributed by atoms with Crippen molar-refractivity contribution in [2.75, 3.05) is 16.3 Å². The highest BCUT2D eigenvalue weighted by molar-refractivity contribution is 7.92. The summed E-state index contributed by atoms with van der Waals surface area (Å²) in [6.45, 7) is 4.87. The molecule has 216 valence electrons. The number of hydrogen-bond donors (Lipinski definition) is 4. The number of furan rings is 1. The van der Waals surface area contributed by atoms with Crippen molar-refractivity contribution in [3.63, 3.8) is 0 Å². The van der Waals surface area contributed by atoms with Gasteiger partial charge in [-0.05, 0) is 49.2 Å². The van der Waals surface area contributed by atoms with E-state index in [0.717, 1.165) is 6.26 Å². The lowest BCUT2D eigenvalue weighted by Crippen LogP contribution is -2.44. The second kappa shape index (κ2) is 11.3. The summed E-state index contributed by atoms with van der Waals surface area (Å²) in [7, 11) is -7.61. The van der Waals surface area contributed by atoms with Gasteiger partial charge in [-0.3, -0.25) is 19.3 Å². The monoisotopic (exact) mass is 600 g/mol. The summed E-state index contributed by atoms with van der Waals surface area (Å²) < 4.78 is 59.1. The Balaban J connectivity index is 1.50. The van der Waals surface area contributed by atoms with Gasteiger partial charge in [-0.2, -0.15) is 4.72 Å². The molecule has 2 aromatic heterocycles. The Morgan fingerprint density at radius 1 is 0.976 bits per heavy atom. The van der Waals surface area contributed by atoms with Crippen molar-refractivity contribution in [1.82, 2.24) is 9.71 Å². The molecule has 0 fully saturated rings. The standard InChI is InChI=1S/C27H28N4O8S2/c1-15(2)24(27(33)34)31-41(37,38)19-11-8-17(9-12-19)20-13-10-18(14-28-20)29-26(32)25-16(3)23-21(30-40(4,35)36)6-5-7-22(23)39-25/h5-15,24,30-31H,1-4H3,(H,29,32)(H,33,34)/t24-/m0/s1. The smallest absolute Gasteiger partial charge is 0.322 e. The van der Waals surface area contributed by atoms with E-state index < -0.39 is 43.9 Å². The van der Waals surface area contributed by atoms with Crippen molar-refractivity contribution in [2.24, 2.45) is 5.92 Å². The normalized spacial score (nSPS) is 12.8. The van der Waals surface area contributed by atoms with Gasteiger partial charge in [0.2, 0.25) is 20.0 Å². The number of carboxylic acid groups (broad SMARTS) is 1. The van der Waals surface area contributed by atoms with Gasteiger partial charge < -0.3 is 14.8 Å². The Hall–Kier alpha value is -4.27. The van der Waals surface area contributed by atoms with Crippen LogP contribution < -0.4 is 14.8 Å². The number of aryl methyl sites for hydroxylation is 1. The minimum atomic E-state index is -4.06. The molecule has 0 bridgehead atoms. The van der Waals surface area contributed by atoms with Crippen LogP contribution in [0.15, 0.2) is 70.1 Å². The van der Waals surface area contributed by atoms with Gasteiger partial charge >= 0.3 is 5.97 Å². The van der Waals surface area contributed by atoms with Crippen molar-refractivity contribution >= 4 is 54.3 Å². The van der Waals surface area contributed by atoms with Crippen LogP contribution in [0.25, 0.3) is 22.2 Å². The molecule has 2 aromatic carbocycles. The summed E-state index contributed by atoms with van der Waals surface area (Å²) in [5.41, 5.74) is 2.57. The van der Waals surface area contributed by atoms with Crippen molar-refractivity contribution < 1.29 is 35.9 Å². The minimum Gasteiger partial charge on any atom is -0.480 e. The Labute approximate surface area is 236 Å². The van der Waals surface area contributed by atoms with E-state index in [1.54, 1.807) is 63.2 Å². The molecule has 0 aliphatic rings. The molecule has 41 heavy (non-hydrogen) atoms. The molecule has 2 heterocycles. The average Bonchev–Trinajstić information content (AvgIpc) is 3.24. The maximum absolute atomic E-state index is 13.0. The van der Waals surface area contributed by atoms with Gasteiger partial charge in [0.05, 0.1) is 34.4 Å². The number of sulfonamides is 2. The van der Waals surface area contributed by atoms with E-state index in [0.29, 0.717) is 39.2 Å². The van der Waals surface area contributed by atoms with Crippen molar-refractivity contribution in [3.05, 3.63) is 72.1 Å². The maximum Gasteiger partial charge on any atom is 0.322 e. The van der Waals surface area contributed by atoms with Crippen LogP contribution in [0.2, 0.25) is 0 Å². The zero-order chi connectivity index (χ0) is 30.1. The van der Waals surface area contributed by atoms with Crippen LogP contribution in [-0.4, -0.2) is 51.1 Å². The molecule has 0 aliphatic carbocycles. The number of nitrogens with one attached hydrogen (secondary N) is 3. The predicted molar refractivity (Wildman–Crippen MR) is 154 cm³/mol. The molecule has 1 amide bonds. The summed E-state index contributed by atoms with van der Waals surface area (Å²) in [4.78, 5) is 28.6. The number of carboxylic acids is 1. The van der Waals surface area contributed by atoms with Crippen molar-refractivity contribution in [1.29, 1.82) is 0 Å². The first-order valence-electron chi connectivity index (χ1n) is 12.3. The van der Waals surface area contributed by atoms with Crippen LogP contribution in [-0.2, 0) is 24.8 Å². The number of anilines is 2. The van der Waals surface area contributed by atoms with Crippen molar-refractivity contribution in [3.8, 4) is 11.3 Å². The second-order valence-corrected chi connectivity index (χ2v) is 13.2. The number of amides is 1. The predicted octanol–water partition coefficient (Wildman–Crippen LogP) is 3.81.